The summed E-state index contributed by atoms with van der Waals surface area (Å²) >= 11 is 0. The molecule has 1 aromatic carbocycles. The number of aromatic nitrogens is 2. The second kappa shape index (κ2) is 5.15. The molecule has 0 fully saturated rings. The number of nitrogens with one attached hydrogen (secondary N) is 1. The number of benzene rings is 1. The highest BCUT2D eigenvalue weighted by molar-refractivity contribution is 5.59. The lowest BCUT2D eigenvalue weighted by Gasteiger charge is -2.08. The minimum absolute atomic E-state index is 0.508. The molecular weight excluding hydrogens is 210 g/mol. The summed E-state index contributed by atoms with van der Waals surface area (Å²) in [5.74, 6) is 0. The van der Waals surface area contributed by atoms with E-state index >= 15 is 0 Å². The van der Waals surface area contributed by atoms with Gasteiger partial charge >= 0.3 is 0 Å². The molecule has 0 saturated heterocycles. The highest BCUT2D eigenvalue weighted by atomic mass is 15.2. The maximum Gasteiger partial charge on any atom is 0.0923 e. The molecule has 1 aromatic heterocycles. The Balaban J connectivity index is 2.16. The Labute approximate surface area is 102 Å². The Bertz CT molecular complexity index is 486. The van der Waals surface area contributed by atoms with Gasteiger partial charge in [-0.1, -0.05) is 32.0 Å². The van der Waals surface area contributed by atoms with Crippen LogP contribution in [0.2, 0.25) is 0 Å². The van der Waals surface area contributed by atoms with Crippen molar-refractivity contribution in [3.63, 3.8) is 0 Å². The molecule has 0 unspecified atom stereocenters. The van der Waals surface area contributed by atoms with E-state index in [2.05, 4.69) is 48.5 Å². The molecule has 0 aliphatic heterocycles. The monoisotopic (exact) mass is 229 g/mol. The molecule has 90 valence electrons. The predicted octanol–water partition coefficient (Wildman–Crippen LogP) is 2.59. The van der Waals surface area contributed by atoms with E-state index < -0.39 is 0 Å². The third kappa shape index (κ3) is 3.17. The van der Waals surface area contributed by atoms with Gasteiger partial charge in [0.05, 0.1) is 5.69 Å². The van der Waals surface area contributed by atoms with E-state index in [1.165, 1.54) is 11.1 Å². The molecule has 0 aliphatic carbocycles. The second-order valence-electron chi connectivity index (χ2n) is 4.61. The van der Waals surface area contributed by atoms with Crippen molar-refractivity contribution in [3.8, 4) is 11.3 Å². The molecule has 0 saturated carbocycles. The van der Waals surface area contributed by atoms with E-state index in [0.717, 1.165) is 12.2 Å². The molecule has 2 rings (SSSR count). The molecule has 3 heteroatoms. The van der Waals surface area contributed by atoms with Gasteiger partial charge in [0.25, 0.3) is 0 Å². The lowest BCUT2D eigenvalue weighted by molar-refractivity contribution is 0.589. The summed E-state index contributed by atoms with van der Waals surface area (Å²) in [5, 5.41) is 7.83. The van der Waals surface area contributed by atoms with Crippen molar-refractivity contribution in [2.45, 2.75) is 26.4 Å². The summed E-state index contributed by atoms with van der Waals surface area (Å²) < 4.78 is 1.83. The van der Waals surface area contributed by atoms with Crippen molar-refractivity contribution in [3.05, 3.63) is 42.1 Å². The van der Waals surface area contributed by atoms with Gasteiger partial charge in [-0.2, -0.15) is 5.10 Å². The van der Waals surface area contributed by atoms with Gasteiger partial charge in [-0.15, -0.1) is 0 Å². The molecule has 0 radical (unpaired) electrons. The van der Waals surface area contributed by atoms with Gasteiger partial charge in [0.1, 0.15) is 0 Å². The first-order valence-electron chi connectivity index (χ1n) is 5.97. The fourth-order valence-corrected chi connectivity index (χ4v) is 1.73. The van der Waals surface area contributed by atoms with Crippen LogP contribution in [0, 0.1) is 0 Å². The SMILES string of the molecule is CC(C)NCc1cccc(-c2ccn(C)n2)c1. The van der Waals surface area contributed by atoms with E-state index in [0.29, 0.717) is 6.04 Å². The number of aryl methyl sites for hydroxylation is 1. The molecule has 3 nitrogen and oxygen atoms in total. The van der Waals surface area contributed by atoms with Gasteiger partial charge in [-0.25, -0.2) is 0 Å². The normalized spacial score (nSPS) is 11.1. The van der Waals surface area contributed by atoms with E-state index in [9.17, 15) is 0 Å². The quantitative estimate of drug-likeness (QED) is 0.873. The van der Waals surface area contributed by atoms with E-state index in [1.54, 1.807) is 0 Å². The van der Waals surface area contributed by atoms with Gasteiger partial charge in [0.15, 0.2) is 0 Å². The second-order valence-corrected chi connectivity index (χ2v) is 4.61. The van der Waals surface area contributed by atoms with Crippen LogP contribution in [0.5, 0.6) is 0 Å². The van der Waals surface area contributed by atoms with Crippen LogP contribution in [0.1, 0.15) is 19.4 Å². The maximum atomic E-state index is 4.41. The molecule has 0 bridgehead atoms. The molecule has 0 spiro atoms. The van der Waals surface area contributed by atoms with Crippen LogP contribution in [0.25, 0.3) is 11.3 Å². The van der Waals surface area contributed by atoms with Gasteiger partial charge in [-0.3, -0.25) is 4.68 Å². The van der Waals surface area contributed by atoms with Gasteiger partial charge < -0.3 is 5.32 Å². The van der Waals surface area contributed by atoms with Crippen LogP contribution in [-0.4, -0.2) is 15.8 Å². The summed E-state index contributed by atoms with van der Waals surface area (Å²) in [4.78, 5) is 0. The standard InChI is InChI=1S/C14H19N3/c1-11(2)15-10-12-5-4-6-13(9-12)14-7-8-17(3)16-14/h4-9,11,15H,10H2,1-3H3. The van der Waals surface area contributed by atoms with Crippen molar-refractivity contribution in [2.75, 3.05) is 0 Å². The lowest BCUT2D eigenvalue weighted by Crippen LogP contribution is -2.21. The number of hydrogen-bond donors (Lipinski definition) is 1. The first-order valence-corrected chi connectivity index (χ1v) is 5.97. The fourth-order valence-electron chi connectivity index (χ4n) is 1.73. The Morgan fingerprint density at radius 3 is 2.76 bits per heavy atom. The van der Waals surface area contributed by atoms with Crippen molar-refractivity contribution < 1.29 is 0 Å². The first-order chi connectivity index (χ1) is 8.15. The van der Waals surface area contributed by atoms with Gasteiger partial charge in [0, 0.05) is 31.4 Å². The molecule has 0 aliphatic rings. The Morgan fingerprint density at radius 1 is 1.29 bits per heavy atom. The third-order valence-electron chi connectivity index (χ3n) is 2.65. The molecule has 1 N–H and O–H groups in total. The predicted molar refractivity (Wildman–Crippen MR) is 70.6 cm³/mol. The average Bonchev–Trinajstić information content (AvgIpc) is 2.74. The largest absolute Gasteiger partial charge is 0.310 e. The minimum Gasteiger partial charge on any atom is -0.310 e. The zero-order chi connectivity index (χ0) is 12.3. The molecule has 0 amide bonds. The Kier molecular flexibility index (Phi) is 3.59. The molecular formula is C14H19N3. The van der Waals surface area contributed by atoms with Crippen LogP contribution in [-0.2, 0) is 13.6 Å². The number of nitrogens with zero attached hydrogens (tertiary/aromatic N) is 2. The van der Waals surface area contributed by atoms with E-state index in [-0.39, 0.29) is 0 Å². The topological polar surface area (TPSA) is 29.9 Å². The molecule has 17 heavy (non-hydrogen) atoms. The van der Waals surface area contributed by atoms with Crippen LogP contribution >= 0.6 is 0 Å². The molecule has 2 aromatic rings. The zero-order valence-electron chi connectivity index (χ0n) is 10.6. The van der Waals surface area contributed by atoms with Crippen LogP contribution in [0.3, 0.4) is 0 Å². The van der Waals surface area contributed by atoms with Crippen LogP contribution < -0.4 is 5.32 Å². The smallest absolute Gasteiger partial charge is 0.0923 e. The van der Waals surface area contributed by atoms with Crippen molar-refractivity contribution >= 4 is 0 Å². The van der Waals surface area contributed by atoms with Crippen molar-refractivity contribution in [2.24, 2.45) is 7.05 Å². The molecule has 0 atom stereocenters. The minimum atomic E-state index is 0.508. The van der Waals surface area contributed by atoms with E-state index in [1.807, 2.05) is 24.0 Å². The average molecular weight is 229 g/mol. The summed E-state index contributed by atoms with van der Waals surface area (Å²) in [5.41, 5.74) is 3.49. The fraction of sp³-hybridized carbons (Fsp3) is 0.357. The van der Waals surface area contributed by atoms with Crippen molar-refractivity contribution in [1.29, 1.82) is 0 Å². The zero-order valence-corrected chi connectivity index (χ0v) is 10.6. The summed E-state index contributed by atoms with van der Waals surface area (Å²) in [6.45, 7) is 5.21. The van der Waals surface area contributed by atoms with E-state index in [4.69, 9.17) is 0 Å². The maximum absolute atomic E-state index is 4.41. The number of rotatable bonds is 4. The summed E-state index contributed by atoms with van der Waals surface area (Å²) in [6.07, 6.45) is 1.97. The Morgan fingerprint density at radius 2 is 2.12 bits per heavy atom. The highest BCUT2D eigenvalue weighted by Gasteiger charge is 2.02. The third-order valence-corrected chi connectivity index (χ3v) is 2.65. The highest BCUT2D eigenvalue weighted by Crippen LogP contribution is 2.18. The van der Waals surface area contributed by atoms with Crippen molar-refractivity contribution in [1.82, 2.24) is 15.1 Å². The van der Waals surface area contributed by atoms with Gasteiger partial charge in [-0.05, 0) is 17.7 Å². The molecule has 1 heterocycles. The number of hydrogen-bond acceptors (Lipinski definition) is 2. The van der Waals surface area contributed by atoms with Crippen LogP contribution in [0.15, 0.2) is 36.5 Å². The van der Waals surface area contributed by atoms with Gasteiger partial charge in [0.2, 0.25) is 0 Å². The first kappa shape index (κ1) is 11.9. The Hall–Kier alpha value is -1.61. The van der Waals surface area contributed by atoms with Crippen LogP contribution in [0.4, 0.5) is 0 Å². The summed E-state index contributed by atoms with van der Waals surface area (Å²) in [7, 11) is 1.94. The summed E-state index contributed by atoms with van der Waals surface area (Å²) in [6, 6.07) is 11.1. The lowest BCUT2D eigenvalue weighted by atomic mass is 10.1.